The van der Waals surface area contributed by atoms with Crippen LogP contribution in [-0.4, -0.2) is 41.0 Å². The first kappa shape index (κ1) is 14.7. The lowest BCUT2D eigenvalue weighted by Crippen LogP contribution is -2.54. The maximum atomic E-state index is 11.8. The van der Waals surface area contributed by atoms with Crippen molar-refractivity contribution in [3.8, 4) is 0 Å². The van der Waals surface area contributed by atoms with Gasteiger partial charge in [0.15, 0.2) is 0 Å². The van der Waals surface area contributed by atoms with Gasteiger partial charge in [-0.25, -0.2) is 4.79 Å². The number of rotatable bonds is 5. The summed E-state index contributed by atoms with van der Waals surface area (Å²) in [5.41, 5.74) is 0. The average Bonchev–Trinajstić information content (AvgIpc) is 2.84. The molecule has 0 spiro atoms. The van der Waals surface area contributed by atoms with E-state index in [9.17, 15) is 9.59 Å². The van der Waals surface area contributed by atoms with Crippen molar-refractivity contribution < 1.29 is 14.7 Å². The van der Waals surface area contributed by atoms with Crippen LogP contribution in [0.15, 0.2) is 18.2 Å². The number of piperazine rings is 1. The number of thiophene rings is 1. The molecule has 2 rings (SSSR count). The second-order valence-electron chi connectivity index (χ2n) is 4.66. The number of amides is 1. The Morgan fingerprint density at radius 1 is 1.60 bits per heavy atom. The quantitative estimate of drug-likeness (QED) is 0.809. The molecule has 0 saturated carbocycles. The highest BCUT2D eigenvalue weighted by Gasteiger charge is 2.27. The Morgan fingerprint density at radius 2 is 2.40 bits per heavy atom. The van der Waals surface area contributed by atoms with Crippen molar-refractivity contribution in [2.24, 2.45) is 0 Å². The number of carboxylic acids is 1. The van der Waals surface area contributed by atoms with E-state index < -0.39 is 5.97 Å². The molecule has 1 fully saturated rings. The van der Waals surface area contributed by atoms with Crippen molar-refractivity contribution in [3.63, 3.8) is 0 Å². The lowest BCUT2D eigenvalue weighted by Gasteiger charge is -2.34. The molecule has 1 amide bonds. The highest BCUT2D eigenvalue weighted by atomic mass is 32.1. The minimum atomic E-state index is -0.946. The summed E-state index contributed by atoms with van der Waals surface area (Å²) in [7, 11) is 0. The second kappa shape index (κ2) is 6.67. The minimum Gasteiger partial charge on any atom is -0.478 e. The minimum absolute atomic E-state index is 0.0659. The third kappa shape index (κ3) is 3.68. The molecule has 1 aliphatic rings. The monoisotopic (exact) mass is 294 g/mol. The molecule has 6 heteroatoms. The number of carbonyl (C=O) groups excluding carboxylic acids is 1. The summed E-state index contributed by atoms with van der Waals surface area (Å²) >= 11 is 1.56. The average molecular weight is 294 g/mol. The van der Waals surface area contributed by atoms with Crippen LogP contribution in [-0.2, 0) is 16.1 Å². The Balaban J connectivity index is 2.02. The first-order valence-electron chi connectivity index (χ1n) is 6.61. The third-order valence-electron chi connectivity index (χ3n) is 3.26. The fraction of sp³-hybridized carbons (Fsp3) is 0.429. The van der Waals surface area contributed by atoms with Crippen LogP contribution in [0.4, 0.5) is 0 Å². The number of nitrogens with one attached hydrogen (secondary N) is 1. The van der Waals surface area contributed by atoms with E-state index in [1.807, 2.05) is 19.1 Å². The second-order valence-corrected chi connectivity index (χ2v) is 5.86. The van der Waals surface area contributed by atoms with Gasteiger partial charge in [0.2, 0.25) is 5.91 Å². The standard InChI is InChI=1S/C14H18N2O3S/c1-2-12-14(19)15-7-8-16(12)9-11-4-3-10(20-11)5-6-13(17)18/h3-6,12H,2,7-9H2,1H3,(H,15,19)(H,17,18). The molecule has 1 saturated heterocycles. The van der Waals surface area contributed by atoms with E-state index >= 15 is 0 Å². The van der Waals surface area contributed by atoms with Gasteiger partial charge in [-0.2, -0.15) is 0 Å². The van der Waals surface area contributed by atoms with E-state index in [2.05, 4.69) is 10.2 Å². The smallest absolute Gasteiger partial charge is 0.328 e. The van der Waals surface area contributed by atoms with Gasteiger partial charge in [0, 0.05) is 35.5 Å². The van der Waals surface area contributed by atoms with Crippen LogP contribution in [0.1, 0.15) is 23.1 Å². The van der Waals surface area contributed by atoms with Crippen molar-refractivity contribution in [2.75, 3.05) is 13.1 Å². The van der Waals surface area contributed by atoms with Gasteiger partial charge in [0.1, 0.15) is 0 Å². The highest BCUT2D eigenvalue weighted by molar-refractivity contribution is 7.12. The van der Waals surface area contributed by atoms with Crippen LogP contribution in [0, 0.1) is 0 Å². The first-order valence-corrected chi connectivity index (χ1v) is 7.43. The Bertz CT molecular complexity index is 524. The van der Waals surface area contributed by atoms with E-state index in [0.29, 0.717) is 6.54 Å². The summed E-state index contributed by atoms with van der Waals surface area (Å²) < 4.78 is 0. The summed E-state index contributed by atoms with van der Waals surface area (Å²) in [6.45, 7) is 4.28. The predicted molar refractivity (Wildman–Crippen MR) is 78.5 cm³/mol. The zero-order chi connectivity index (χ0) is 14.5. The molecule has 1 unspecified atom stereocenters. The number of nitrogens with zero attached hydrogens (tertiary/aromatic N) is 1. The van der Waals surface area contributed by atoms with Gasteiger partial charge >= 0.3 is 5.97 Å². The number of carboxylic acid groups (broad SMARTS) is 1. The van der Waals surface area contributed by atoms with Crippen LogP contribution in [0.3, 0.4) is 0 Å². The lowest BCUT2D eigenvalue weighted by molar-refractivity contribution is -0.131. The van der Waals surface area contributed by atoms with Crippen molar-refractivity contribution >= 4 is 29.3 Å². The molecule has 5 nitrogen and oxygen atoms in total. The van der Waals surface area contributed by atoms with Crippen LogP contribution in [0.2, 0.25) is 0 Å². The van der Waals surface area contributed by atoms with Crippen molar-refractivity contribution in [1.29, 1.82) is 0 Å². The van der Waals surface area contributed by atoms with Crippen LogP contribution >= 0.6 is 11.3 Å². The van der Waals surface area contributed by atoms with Gasteiger partial charge in [0.05, 0.1) is 6.04 Å². The van der Waals surface area contributed by atoms with Gasteiger partial charge in [-0.1, -0.05) is 6.92 Å². The van der Waals surface area contributed by atoms with Crippen LogP contribution in [0.5, 0.6) is 0 Å². The molecule has 1 aliphatic heterocycles. The molecular weight excluding hydrogens is 276 g/mol. The van der Waals surface area contributed by atoms with E-state index in [-0.39, 0.29) is 11.9 Å². The van der Waals surface area contributed by atoms with Gasteiger partial charge < -0.3 is 10.4 Å². The number of hydrogen-bond acceptors (Lipinski definition) is 4. The molecule has 0 radical (unpaired) electrons. The fourth-order valence-corrected chi connectivity index (χ4v) is 3.26. The molecule has 0 aromatic carbocycles. The number of aliphatic carboxylic acids is 1. The van der Waals surface area contributed by atoms with E-state index in [4.69, 9.17) is 5.11 Å². The summed E-state index contributed by atoms with van der Waals surface area (Å²) in [6, 6.07) is 3.83. The van der Waals surface area contributed by atoms with E-state index in [1.54, 1.807) is 17.4 Å². The number of hydrogen-bond donors (Lipinski definition) is 2. The summed E-state index contributed by atoms with van der Waals surface area (Å²) in [5.74, 6) is -0.847. The molecular formula is C14H18N2O3S. The zero-order valence-electron chi connectivity index (χ0n) is 11.3. The van der Waals surface area contributed by atoms with Crippen molar-refractivity contribution in [3.05, 3.63) is 28.0 Å². The third-order valence-corrected chi connectivity index (χ3v) is 4.30. The maximum absolute atomic E-state index is 11.8. The summed E-state index contributed by atoms with van der Waals surface area (Å²) in [5, 5.41) is 11.5. The summed E-state index contributed by atoms with van der Waals surface area (Å²) in [6.07, 6.45) is 3.53. The molecule has 1 aromatic heterocycles. The van der Waals surface area contributed by atoms with Gasteiger partial charge in [-0.05, 0) is 24.6 Å². The van der Waals surface area contributed by atoms with Crippen molar-refractivity contribution in [2.45, 2.75) is 25.9 Å². The van der Waals surface area contributed by atoms with Gasteiger partial charge in [-0.3, -0.25) is 9.69 Å². The van der Waals surface area contributed by atoms with Crippen LogP contribution in [0.25, 0.3) is 6.08 Å². The van der Waals surface area contributed by atoms with Gasteiger partial charge in [-0.15, -0.1) is 11.3 Å². The van der Waals surface area contributed by atoms with Crippen LogP contribution < -0.4 is 5.32 Å². The van der Waals surface area contributed by atoms with E-state index in [1.165, 1.54) is 0 Å². The molecule has 108 valence electrons. The molecule has 1 aromatic rings. The highest BCUT2D eigenvalue weighted by Crippen LogP contribution is 2.21. The Morgan fingerprint density at radius 3 is 3.10 bits per heavy atom. The Labute approximate surface area is 121 Å². The topological polar surface area (TPSA) is 69.6 Å². The van der Waals surface area contributed by atoms with Crippen molar-refractivity contribution in [1.82, 2.24) is 10.2 Å². The molecule has 20 heavy (non-hydrogen) atoms. The fourth-order valence-electron chi connectivity index (χ4n) is 2.32. The summed E-state index contributed by atoms with van der Waals surface area (Å²) in [4.78, 5) is 26.5. The molecule has 2 heterocycles. The maximum Gasteiger partial charge on any atom is 0.328 e. The number of carbonyl (C=O) groups is 2. The van der Waals surface area contributed by atoms with Gasteiger partial charge in [0.25, 0.3) is 0 Å². The normalized spacial score (nSPS) is 20.2. The zero-order valence-corrected chi connectivity index (χ0v) is 12.2. The first-order chi connectivity index (χ1) is 9.60. The van der Waals surface area contributed by atoms with E-state index in [0.717, 1.165) is 35.3 Å². The molecule has 0 aliphatic carbocycles. The SMILES string of the molecule is CCC1C(=O)NCCN1Cc1ccc(C=CC(=O)O)s1. The lowest BCUT2D eigenvalue weighted by atomic mass is 10.1. The molecule has 2 N–H and O–H groups in total. The molecule has 0 bridgehead atoms. The largest absolute Gasteiger partial charge is 0.478 e. The molecule has 1 atom stereocenters. The predicted octanol–water partition coefficient (Wildman–Crippen LogP) is 1.56. The Kier molecular flexibility index (Phi) is 4.92. The Hall–Kier alpha value is -1.66.